The largest absolute Gasteiger partial charge is 0.324 e. The molecule has 6 nitrogen and oxygen atoms in total. The molecule has 33 heavy (non-hydrogen) atoms. The van der Waals surface area contributed by atoms with Crippen molar-refractivity contribution >= 4 is 33.1 Å². The number of hydrogen-bond acceptors (Lipinski definition) is 5. The Morgan fingerprint density at radius 3 is 2.70 bits per heavy atom. The first-order valence-corrected chi connectivity index (χ1v) is 12.9. The van der Waals surface area contributed by atoms with Crippen LogP contribution in [0.25, 0.3) is 10.2 Å². The molecule has 1 atom stereocenters. The zero-order valence-corrected chi connectivity index (χ0v) is 20.6. The number of carbonyl (C=O) groups excluding carboxylic acids is 1. The SMILES string of the molecule is Cc1ccc(C)c(NC(=O)C(C)n2c(CN3CCCC3)nc3sc4c(c3c2=O)CCCC4)c1. The molecule has 1 aliphatic heterocycles. The standard InChI is InChI=1S/C26H32N4O2S/c1-16-10-11-17(2)20(14-16)27-24(31)18(3)30-22(15-29-12-6-7-13-29)28-25-23(26(30)32)19-8-4-5-9-21(19)33-25/h10-11,14,18H,4-9,12-13,15H2,1-3H3,(H,27,31). The first-order chi connectivity index (χ1) is 15.9. The number of anilines is 1. The summed E-state index contributed by atoms with van der Waals surface area (Å²) in [5.74, 6) is 0.523. The molecule has 3 aromatic rings. The summed E-state index contributed by atoms with van der Waals surface area (Å²) in [4.78, 5) is 36.8. The summed E-state index contributed by atoms with van der Waals surface area (Å²) < 4.78 is 1.67. The van der Waals surface area contributed by atoms with Crippen LogP contribution in [0.1, 0.15) is 66.0 Å². The van der Waals surface area contributed by atoms with E-state index >= 15 is 0 Å². The Labute approximate surface area is 198 Å². The van der Waals surface area contributed by atoms with Gasteiger partial charge in [-0.3, -0.25) is 19.1 Å². The minimum absolute atomic E-state index is 0.0581. The van der Waals surface area contributed by atoms with Crippen molar-refractivity contribution in [2.45, 2.75) is 71.9 Å². The molecule has 0 radical (unpaired) electrons. The van der Waals surface area contributed by atoms with E-state index in [1.807, 2.05) is 39.0 Å². The van der Waals surface area contributed by atoms with Crippen LogP contribution in [0, 0.1) is 13.8 Å². The van der Waals surface area contributed by atoms with Gasteiger partial charge in [-0.25, -0.2) is 4.98 Å². The number of rotatable bonds is 5. The average Bonchev–Trinajstić information content (AvgIpc) is 3.43. The second-order valence-corrected chi connectivity index (χ2v) is 10.6. The average molecular weight is 465 g/mol. The van der Waals surface area contributed by atoms with E-state index < -0.39 is 6.04 Å². The van der Waals surface area contributed by atoms with Crippen molar-refractivity contribution in [2.24, 2.45) is 0 Å². The highest BCUT2D eigenvalue weighted by Crippen LogP contribution is 2.34. The Bertz CT molecular complexity index is 1270. The van der Waals surface area contributed by atoms with Crippen LogP contribution in [0.15, 0.2) is 23.0 Å². The van der Waals surface area contributed by atoms with Gasteiger partial charge in [0.25, 0.3) is 5.56 Å². The lowest BCUT2D eigenvalue weighted by molar-refractivity contribution is -0.119. The number of aryl methyl sites for hydroxylation is 4. The minimum atomic E-state index is -0.647. The molecule has 1 fully saturated rings. The number of aromatic nitrogens is 2. The summed E-state index contributed by atoms with van der Waals surface area (Å²) in [5.41, 5.74) is 4.00. The lowest BCUT2D eigenvalue weighted by Gasteiger charge is -2.22. The fourth-order valence-electron chi connectivity index (χ4n) is 5.14. The Hall–Kier alpha value is -2.51. The summed E-state index contributed by atoms with van der Waals surface area (Å²) in [6.45, 7) is 8.44. The third-order valence-corrected chi connectivity index (χ3v) is 8.26. The molecule has 0 spiro atoms. The fourth-order valence-corrected chi connectivity index (χ4v) is 6.41. The van der Waals surface area contributed by atoms with Crippen molar-refractivity contribution in [1.82, 2.24) is 14.5 Å². The third-order valence-electron chi connectivity index (χ3n) is 7.08. The molecule has 0 saturated carbocycles. The van der Waals surface area contributed by atoms with Crippen LogP contribution in [-0.2, 0) is 24.2 Å². The predicted molar refractivity (Wildman–Crippen MR) is 134 cm³/mol. The van der Waals surface area contributed by atoms with Gasteiger partial charge in [-0.2, -0.15) is 0 Å². The molecule has 3 heterocycles. The molecule has 5 rings (SSSR count). The molecule has 174 valence electrons. The number of nitrogens with zero attached hydrogens (tertiary/aromatic N) is 3. The topological polar surface area (TPSA) is 67.2 Å². The smallest absolute Gasteiger partial charge is 0.263 e. The van der Waals surface area contributed by atoms with Gasteiger partial charge in [0, 0.05) is 10.6 Å². The van der Waals surface area contributed by atoms with E-state index in [9.17, 15) is 9.59 Å². The normalized spacial score (nSPS) is 17.3. The molecule has 1 aromatic carbocycles. The lowest BCUT2D eigenvalue weighted by atomic mass is 9.97. The van der Waals surface area contributed by atoms with Crippen LogP contribution < -0.4 is 10.9 Å². The van der Waals surface area contributed by atoms with Gasteiger partial charge in [0.15, 0.2) is 0 Å². The lowest BCUT2D eigenvalue weighted by Crippen LogP contribution is -2.36. The number of nitrogens with one attached hydrogen (secondary N) is 1. The zero-order chi connectivity index (χ0) is 23.1. The van der Waals surface area contributed by atoms with Gasteiger partial charge in [0.2, 0.25) is 5.91 Å². The fraction of sp³-hybridized carbons (Fsp3) is 0.500. The van der Waals surface area contributed by atoms with Crippen molar-refractivity contribution in [3.05, 3.63) is 55.9 Å². The Balaban J connectivity index is 1.58. The highest BCUT2D eigenvalue weighted by molar-refractivity contribution is 7.18. The van der Waals surface area contributed by atoms with Crippen molar-refractivity contribution in [2.75, 3.05) is 18.4 Å². The summed E-state index contributed by atoms with van der Waals surface area (Å²) in [5, 5.41) is 3.81. The van der Waals surface area contributed by atoms with E-state index in [-0.39, 0.29) is 11.5 Å². The van der Waals surface area contributed by atoms with Crippen molar-refractivity contribution in [3.8, 4) is 0 Å². The van der Waals surface area contributed by atoms with Crippen LogP contribution >= 0.6 is 11.3 Å². The number of likely N-dealkylation sites (tertiary alicyclic amines) is 1. The molecular formula is C26H32N4O2S. The number of carbonyl (C=O) groups is 1. The molecule has 2 aliphatic rings. The van der Waals surface area contributed by atoms with Crippen molar-refractivity contribution in [1.29, 1.82) is 0 Å². The second kappa shape index (κ2) is 9.03. The van der Waals surface area contributed by atoms with Crippen LogP contribution in [0.4, 0.5) is 5.69 Å². The number of amides is 1. The molecular weight excluding hydrogens is 432 g/mol. The van der Waals surface area contributed by atoms with Gasteiger partial charge >= 0.3 is 0 Å². The Morgan fingerprint density at radius 2 is 1.91 bits per heavy atom. The quantitative estimate of drug-likeness (QED) is 0.592. The molecule has 1 unspecified atom stereocenters. The van der Waals surface area contributed by atoms with Gasteiger partial charge in [-0.15, -0.1) is 11.3 Å². The highest BCUT2D eigenvalue weighted by atomic mass is 32.1. The van der Waals surface area contributed by atoms with Crippen molar-refractivity contribution in [3.63, 3.8) is 0 Å². The molecule has 7 heteroatoms. The third kappa shape index (κ3) is 4.24. The summed E-state index contributed by atoms with van der Waals surface area (Å²) >= 11 is 1.68. The van der Waals surface area contributed by atoms with Crippen LogP contribution in [0.5, 0.6) is 0 Å². The number of hydrogen-bond donors (Lipinski definition) is 1. The molecule has 0 bridgehead atoms. The minimum Gasteiger partial charge on any atom is -0.324 e. The summed E-state index contributed by atoms with van der Waals surface area (Å²) in [6.07, 6.45) is 6.57. The van der Waals surface area contributed by atoms with E-state index in [2.05, 4.69) is 10.2 Å². The van der Waals surface area contributed by atoms with Gasteiger partial charge < -0.3 is 5.32 Å². The maximum Gasteiger partial charge on any atom is 0.263 e. The van der Waals surface area contributed by atoms with Gasteiger partial charge in [0.1, 0.15) is 16.7 Å². The molecule has 2 aromatic heterocycles. The molecule has 1 amide bonds. The summed E-state index contributed by atoms with van der Waals surface area (Å²) in [6, 6.07) is 5.37. The Kier molecular flexibility index (Phi) is 6.10. The highest BCUT2D eigenvalue weighted by Gasteiger charge is 2.27. The Morgan fingerprint density at radius 1 is 1.15 bits per heavy atom. The van der Waals surface area contributed by atoms with Crippen LogP contribution in [-0.4, -0.2) is 33.4 Å². The first-order valence-electron chi connectivity index (χ1n) is 12.1. The number of benzene rings is 1. The monoisotopic (exact) mass is 464 g/mol. The predicted octanol–water partition coefficient (Wildman–Crippen LogP) is 4.75. The van der Waals surface area contributed by atoms with Gasteiger partial charge in [-0.05, 0) is 95.1 Å². The van der Waals surface area contributed by atoms with E-state index in [4.69, 9.17) is 4.98 Å². The van der Waals surface area contributed by atoms with E-state index in [0.29, 0.717) is 12.4 Å². The van der Waals surface area contributed by atoms with E-state index in [1.165, 1.54) is 29.7 Å². The van der Waals surface area contributed by atoms with Crippen molar-refractivity contribution < 1.29 is 4.79 Å². The van der Waals surface area contributed by atoms with E-state index in [1.54, 1.807) is 15.9 Å². The van der Waals surface area contributed by atoms with Gasteiger partial charge in [-0.1, -0.05) is 12.1 Å². The molecule has 1 saturated heterocycles. The van der Waals surface area contributed by atoms with Crippen LogP contribution in [0.2, 0.25) is 0 Å². The van der Waals surface area contributed by atoms with Gasteiger partial charge in [0.05, 0.1) is 11.9 Å². The van der Waals surface area contributed by atoms with Crippen LogP contribution in [0.3, 0.4) is 0 Å². The number of thiophene rings is 1. The molecule has 1 aliphatic carbocycles. The summed E-state index contributed by atoms with van der Waals surface area (Å²) in [7, 11) is 0. The van der Waals surface area contributed by atoms with E-state index in [0.717, 1.165) is 59.4 Å². The number of fused-ring (bicyclic) bond motifs is 3. The molecule has 1 N–H and O–H groups in total. The zero-order valence-electron chi connectivity index (χ0n) is 19.7. The first kappa shape index (κ1) is 22.3. The second-order valence-electron chi connectivity index (χ2n) is 9.56. The maximum absolute atomic E-state index is 13.9. The maximum atomic E-state index is 13.9.